The summed E-state index contributed by atoms with van der Waals surface area (Å²) in [5.41, 5.74) is 2.10. The Morgan fingerprint density at radius 1 is 0.893 bits per heavy atom. The Labute approximate surface area is 175 Å². The molecule has 0 radical (unpaired) electrons. The average molecular weight is 433 g/mol. The number of pyridine rings is 1. The molecular weight excluding hydrogens is 421 g/mol. The van der Waals surface area contributed by atoms with E-state index in [9.17, 15) is 4.79 Å². The van der Waals surface area contributed by atoms with Gasteiger partial charge in [0.1, 0.15) is 0 Å². The van der Waals surface area contributed by atoms with Gasteiger partial charge in [0.2, 0.25) is 5.82 Å². The number of benzene rings is 2. The Kier molecular flexibility index (Phi) is 5.22. The summed E-state index contributed by atoms with van der Waals surface area (Å²) in [6.07, 6.45) is 1.67. The van der Waals surface area contributed by atoms with Crippen molar-refractivity contribution >= 4 is 34.8 Å². The highest BCUT2D eigenvalue weighted by atomic mass is 35.5. The van der Waals surface area contributed by atoms with Crippen LogP contribution in [-0.2, 0) is 6.54 Å². The number of nitrogens with zero attached hydrogens (tertiary/aromatic N) is 3. The summed E-state index contributed by atoms with van der Waals surface area (Å²) in [5.74, 6) is 0.752. The van der Waals surface area contributed by atoms with Crippen molar-refractivity contribution in [1.82, 2.24) is 14.7 Å². The maximum Gasteiger partial charge on any atom is 0.259 e. The maximum atomic E-state index is 12.2. The van der Waals surface area contributed by atoms with Crippen LogP contribution in [-0.4, -0.2) is 14.7 Å². The van der Waals surface area contributed by atoms with Gasteiger partial charge in [-0.25, -0.2) is 0 Å². The Morgan fingerprint density at radius 2 is 1.64 bits per heavy atom. The molecule has 0 spiro atoms. The zero-order valence-corrected chi connectivity index (χ0v) is 16.5. The predicted octanol–water partition coefficient (Wildman–Crippen LogP) is 5.57. The molecular formula is C20H12Cl3N3O2. The molecule has 28 heavy (non-hydrogen) atoms. The first-order valence-electron chi connectivity index (χ1n) is 8.24. The van der Waals surface area contributed by atoms with Crippen LogP contribution in [0.25, 0.3) is 22.8 Å². The Morgan fingerprint density at radius 3 is 2.39 bits per heavy atom. The number of hydrogen-bond donors (Lipinski definition) is 0. The molecule has 5 nitrogen and oxygen atoms in total. The molecule has 0 aliphatic rings. The smallest absolute Gasteiger partial charge is 0.259 e. The van der Waals surface area contributed by atoms with Gasteiger partial charge in [-0.3, -0.25) is 4.79 Å². The van der Waals surface area contributed by atoms with Crippen LogP contribution in [0.3, 0.4) is 0 Å². The van der Waals surface area contributed by atoms with Gasteiger partial charge in [0.15, 0.2) is 0 Å². The Balaban J connectivity index is 1.64. The molecule has 0 atom stereocenters. The Bertz CT molecular complexity index is 1200. The molecule has 0 saturated carbocycles. The lowest BCUT2D eigenvalue weighted by molar-refractivity contribution is 0.432. The van der Waals surface area contributed by atoms with E-state index in [0.717, 1.165) is 11.1 Å². The lowest BCUT2D eigenvalue weighted by Crippen LogP contribution is -2.19. The van der Waals surface area contributed by atoms with Gasteiger partial charge in [-0.15, -0.1) is 0 Å². The van der Waals surface area contributed by atoms with Crippen LogP contribution in [0.2, 0.25) is 15.1 Å². The van der Waals surface area contributed by atoms with E-state index >= 15 is 0 Å². The minimum atomic E-state index is -0.160. The highest BCUT2D eigenvalue weighted by Gasteiger charge is 2.12. The topological polar surface area (TPSA) is 60.9 Å². The van der Waals surface area contributed by atoms with Crippen molar-refractivity contribution in [2.45, 2.75) is 6.54 Å². The van der Waals surface area contributed by atoms with Crippen LogP contribution in [0, 0.1) is 0 Å². The van der Waals surface area contributed by atoms with E-state index in [1.165, 1.54) is 6.07 Å². The normalized spacial score (nSPS) is 11.0. The summed E-state index contributed by atoms with van der Waals surface area (Å²) in [4.78, 5) is 16.7. The fourth-order valence-electron chi connectivity index (χ4n) is 2.67. The highest BCUT2D eigenvalue weighted by Crippen LogP contribution is 2.24. The molecule has 140 valence electrons. The van der Waals surface area contributed by atoms with Gasteiger partial charge in [-0.05, 0) is 48.0 Å². The second-order valence-corrected chi connectivity index (χ2v) is 7.31. The SMILES string of the molecule is O=c1ccc(-c2nc(-c3ccc(Cl)cc3)no2)cn1Cc1ccc(Cl)c(Cl)c1. The molecule has 2 aromatic heterocycles. The van der Waals surface area contributed by atoms with Gasteiger partial charge in [-0.2, -0.15) is 4.98 Å². The minimum absolute atomic E-state index is 0.160. The van der Waals surface area contributed by atoms with Gasteiger partial charge >= 0.3 is 0 Å². The van der Waals surface area contributed by atoms with Crippen LogP contribution in [0.15, 0.2) is 70.1 Å². The van der Waals surface area contributed by atoms with Gasteiger partial charge in [-0.1, -0.05) is 46.0 Å². The highest BCUT2D eigenvalue weighted by molar-refractivity contribution is 6.42. The van der Waals surface area contributed by atoms with Crippen LogP contribution >= 0.6 is 34.8 Å². The van der Waals surface area contributed by atoms with Crippen LogP contribution in [0.5, 0.6) is 0 Å². The second kappa shape index (κ2) is 7.80. The van der Waals surface area contributed by atoms with Crippen molar-refractivity contribution < 1.29 is 4.52 Å². The maximum absolute atomic E-state index is 12.2. The monoisotopic (exact) mass is 431 g/mol. The molecule has 0 aliphatic carbocycles. The first-order valence-corrected chi connectivity index (χ1v) is 9.37. The summed E-state index contributed by atoms with van der Waals surface area (Å²) in [6.45, 7) is 0.335. The first-order chi connectivity index (χ1) is 13.5. The molecule has 4 aromatic rings. The predicted molar refractivity (Wildman–Crippen MR) is 110 cm³/mol. The van der Waals surface area contributed by atoms with E-state index in [1.807, 2.05) is 18.2 Å². The van der Waals surface area contributed by atoms with Crippen molar-refractivity contribution in [3.8, 4) is 22.8 Å². The summed E-state index contributed by atoms with van der Waals surface area (Å²) in [6, 6.07) is 15.5. The van der Waals surface area contributed by atoms with E-state index in [1.54, 1.807) is 41.1 Å². The van der Waals surface area contributed by atoms with E-state index in [0.29, 0.717) is 38.9 Å². The molecule has 0 aliphatic heterocycles. The lowest BCUT2D eigenvalue weighted by atomic mass is 10.2. The molecule has 0 saturated heterocycles. The molecule has 0 N–H and O–H groups in total. The van der Waals surface area contributed by atoms with Gasteiger partial charge in [0.05, 0.1) is 22.2 Å². The molecule has 0 fully saturated rings. The molecule has 0 amide bonds. The molecule has 2 aromatic carbocycles. The lowest BCUT2D eigenvalue weighted by Gasteiger charge is -2.08. The van der Waals surface area contributed by atoms with Gasteiger partial charge in [0, 0.05) is 22.8 Å². The van der Waals surface area contributed by atoms with Crippen molar-refractivity contribution in [2.24, 2.45) is 0 Å². The van der Waals surface area contributed by atoms with Gasteiger partial charge in [0.25, 0.3) is 11.4 Å². The molecule has 0 unspecified atom stereocenters. The van der Waals surface area contributed by atoms with Crippen molar-refractivity contribution in [2.75, 3.05) is 0 Å². The quantitative estimate of drug-likeness (QED) is 0.423. The van der Waals surface area contributed by atoms with E-state index in [-0.39, 0.29) is 5.56 Å². The Hall–Kier alpha value is -2.60. The van der Waals surface area contributed by atoms with Crippen molar-refractivity contribution in [3.05, 3.63) is 91.8 Å². The first kappa shape index (κ1) is 18.7. The minimum Gasteiger partial charge on any atom is -0.334 e. The fourth-order valence-corrected chi connectivity index (χ4v) is 3.12. The van der Waals surface area contributed by atoms with Crippen LogP contribution < -0.4 is 5.56 Å². The van der Waals surface area contributed by atoms with Crippen molar-refractivity contribution in [3.63, 3.8) is 0 Å². The molecule has 2 heterocycles. The molecule has 8 heteroatoms. The van der Waals surface area contributed by atoms with E-state index in [2.05, 4.69) is 10.1 Å². The average Bonchev–Trinajstić information content (AvgIpc) is 3.17. The van der Waals surface area contributed by atoms with Crippen LogP contribution in [0.1, 0.15) is 5.56 Å². The third-order valence-electron chi connectivity index (χ3n) is 4.10. The number of rotatable bonds is 4. The largest absolute Gasteiger partial charge is 0.334 e. The standard InChI is InChI=1S/C20H12Cl3N3O2/c21-15-5-2-13(3-6-15)19-24-20(28-25-19)14-4-8-18(27)26(11-14)10-12-1-7-16(22)17(23)9-12/h1-9,11H,10H2. The number of hydrogen-bond acceptors (Lipinski definition) is 4. The summed E-state index contributed by atoms with van der Waals surface area (Å²) >= 11 is 17.9. The third-order valence-corrected chi connectivity index (χ3v) is 5.09. The summed E-state index contributed by atoms with van der Waals surface area (Å²) in [5, 5.41) is 5.53. The summed E-state index contributed by atoms with van der Waals surface area (Å²) in [7, 11) is 0. The van der Waals surface area contributed by atoms with Crippen LogP contribution in [0.4, 0.5) is 0 Å². The molecule has 4 rings (SSSR count). The zero-order valence-electron chi connectivity index (χ0n) is 14.3. The fraction of sp³-hybridized carbons (Fsp3) is 0.0500. The summed E-state index contributed by atoms with van der Waals surface area (Å²) < 4.78 is 6.91. The third kappa shape index (κ3) is 3.97. The zero-order chi connectivity index (χ0) is 19.7. The number of halogens is 3. The second-order valence-electron chi connectivity index (χ2n) is 6.06. The van der Waals surface area contributed by atoms with Crippen molar-refractivity contribution in [1.29, 1.82) is 0 Å². The van der Waals surface area contributed by atoms with E-state index < -0.39 is 0 Å². The van der Waals surface area contributed by atoms with Gasteiger partial charge < -0.3 is 9.09 Å². The number of aromatic nitrogens is 3. The van der Waals surface area contributed by atoms with E-state index in [4.69, 9.17) is 39.3 Å². The molecule has 0 bridgehead atoms.